The first-order chi connectivity index (χ1) is 6.65. The van der Waals surface area contributed by atoms with Gasteiger partial charge in [-0.25, -0.2) is 8.78 Å². The van der Waals surface area contributed by atoms with Gasteiger partial charge in [-0.15, -0.1) is 0 Å². The van der Waals surface area contributed by atoms with Gasteiger partial charge in [0.25, 0.3) is 6.43 Å². The maximum absolute atomic E-state index is 12.3. The first kappa shape index (κ1) is 11.6. The van der Waals surface area contributed by atoms with Gasteiger partial charge in [0.1, 0.15) is 0 Å². The fourth-order valence-electron chi connectivity index (χ4n) is 1.01. The summed E-state index contributed by atoms with van der Waals surface area (Å²) < 4.78 is 25.1. The molecule has 1 aromatic rings. The molecule has 78 valence electrons. The van der Waals surface area contributed by atoms with Crippen LogP contribution in [0.5, 0.6) is 0 Å². The zero-order valence-electron chi connectivity index (χ0n) is 7.56. The number of hydrogen-bond donors (Lipinski definition) is 1. The average molecular weight is 266 g/mol. The van der Waals surface area contributed by atoms with E-state index in [4.69, 9.17) is 0 Å². The molecule has 1 rings (SSSR count). The maximum Gasteiger partial charge on any atom is 0.264 e. The summed E-state index contributed by atoms with van der Waals surface area (Å²) in [5, 5.41) is 0. The van der Waals surface area contributed by atoms with Gasteiger partial charge in [0.05, 0.1) is 7.11 Å². The van der Waals surface area contributed by atoms with Crippen molar-refractivity contribution in [1.82, 2.24) is 5.48 Å². The van der Waals surface area contributed by atoms with E-state index in [2.05, 4.69) is 26.2 Å². The zero-order chi connectivity index (χ0) is 10.6. The first-order valence-electron chi connectivity index (χ1n) is 3.97. The highest BCUT2D eigenvalue weighted by atomic mass is 79.9. The highest BCUT2D eigenvalue weighted by Crippen LogP contribution is 2.27. The molecule has 0 spiro atoms. The SMILES string of the molecule is CONCc1ccc(C(F)F)c(Br)c1. The molecule has 5 heteroatoms. The number of hydrogen-bond acceptors (Lipinski definition) is 2. The van der Waals surface area contributed by atoms with Crippen molar-refractivity contribution >= 4 is 15.9 Å². The molecule has 0 saturated heterocycles. The molecule has 0 fully saturated rings. The summed E-state index contributed by atoms with van der Waals surface area (Å²) in [6.07, 6.45) is -2.45. The largest absolute Gasteiger partial charge is 0.305 e. The Hall–Kier alpha value is -0.520. The molecule has 0 aliphatic carbocycles. The molecule has 0 radical (unpaired) electrons. The molecule has 0 unspecified atom stereocenters. The van der Waals surface area contributed by atoms with Gasteiger partial charge < -0.3 is 4.84 Å². The number of rotatable bonds is 4. The second-order valence-corrected chi connectivity index (χ2v) is 3.54. The lowest BCUT2D eigenvalue weighted by Crippen LogP contribution is -2.10. The lowest BCUT2D eigenvalue weighted by Gasteiger charge is -2.06. The van der Waals surface area contributed by atoms with Gasteiger partial charge in [-0.3, -0.25) is 0 Å². The Bertz CT molecular complexity index is 307. The van der Waals surface area contributed by atoms with E-state index in [0.29, 0.717) is 11.0 Å². The van der Waals surface area contributed by atoms with Crippen LogP contribution in [0.1, 0.15) is 17.6 Å². The third kappa shape index (κ3) is 3.01. The molecular formula is C9H10BrF2NO. The van der Waals surface area contributed by atoms with Gasteiger partial charge in [-0.05, 0) is 11.6 Å². The van der Waals surface area contributed by atoms with Gasteiger partial charge in [-0.2, -0.15) is 5.48 Å². The van der Waals surface area contributed by atoms with Gasteiger partial charge in [0, 0.05) is 16.6 Å². The Labute approximate surface area is 89.3 Å². The average Bonchev–Trinajstić information content (AvgIpc) is 2.14. The van der Waals surface area contributed by atoms with Crippen molar-refractivity contribution in [3.63, 3.8) is 0 Å². The third-order valence-electron chi connectivity index (χ3n) is 1.72. The molecule has 0 aromatic heterocycles. The molecule has 1 N–H and O–H groups in total. The summed E-state index contributed by atoms with van der Waals surface area (Å²) in [6, 6.07) is 4.69. The van der Waals surface area contributed by atoms with E-state index in [-0.39, 0.29) is 5.56 Å². The number of nitrogens with one attached hydrogen (secondary N) is 1. The van der Waals surface area contributed by atoms with Crippen LogP contribution in [0, 0.1) is 0 Å². The summed E-state index contributed by atoms with van der Waals surface area (Å²) in [5.41, 5.74) is 3.52. The van der Waals surface area contributed by atoms with Crippen LogP contribution in [0.3, 0.4) is 0 Å². The summed E-state index contributed by atoms with van der Waals surface area (Å²) in [7, 11) is 1.50. The molecule has 0 heterocycles. The van der Waals surface area contributed by atoms with Crippen molar-refractivity contribution in [2.24, 2.45) is 0 Å². The van der Waals surface area contributed by atoms with E-state index in [9.17, 15) is 8.78 Å². The summed E-state index contributed by atoms with van der Waals surface area (Å²) in [4.78, 5) is 4.65. The second kappa shape index (κ2) is 5.38. The Kier molecular flexibility index (Phi) is 4.44. The van der Waals surface area contributed by atoms with E-state index < -0.39 is 6.43 Å². The summed E-state index contributed by atoms with van der Waals surface area (Å²) in [6.45, 7) is 0.485. The predicted molar refractivity (Wildman–Crippen MR) is 52.9 cm³/mol. The molecule has 0 aliphatic heterocycles. The van der Waals surface area contributed by atoms with Crippen molar-refractivity contribution in [2.45, 2.75) is 13.0 Å². The van der Waals surface area contributed by atoms with Crippen molar-refractivity contribution in [2.75, 3.05) is 7.11 Å². The highest BCUT2D eigenvalue weighted by Gasteiger charge is 2.11. The van der Waals surface area contributed by atoms with E-state index in [1.165, 1.54) is 13.2 Å². The third-order valence-corrected chi connectivity index (χ3v) is 2.41. The Morgan fingerprint density at radius 3 is 2.71 bits per heavy atom. The molecule has 0 aliphatic rings. The lowest BCUT2D eigenvalue weighted by atomic mass is 10.1. The van der Waals surface area contributed by atoms with E-state index in [0.717, 1.165) is 5.56 Å². The van der Waals surface area contributed by atoms with Gasteiger partial charge in [0.15, 0.2) is 0 Å². The second-order valence-electron chi connectivity index (χ2n) is 2.68. The molecule has 0 saturated carbocycles. The van der Waals surface area contributed by atoms with E-state index in [1.54, 1.807) is 12.1 Å². The van der Waals surface area contributed by atoms with Crippen LogP contribution < -0.4 is 5.48 Å². The molecule has 14 heavy (non-hydrogen) atoms. The standard InChI is InChI=1S/C9H10BrF2NO/c1-14-13-5-6-2-3-7(9(11)12)8(10)4-6/h2-4,9,13H,5H2,1H3. The fourth-order valence-corrected chi connectivity index (χ4v) is 1.61. The maximum atomic E-state index is 12.3. The zero-order valence-corrected chi connectivity index (χ0v) is 9.14. The predicted octanol–water partition coefficient (Wildman–Crippen LogP) is 3.04. The highest BCUT2D eigenvalue weighted by molar-refractivity contribution is 9.10. The number of benzene rings is 1. The number of alkyl halides is 2. The van der Waals surface area contributed by atoms with Crippen LogP contribution in [0.4, 0.5) is 8.78 Å². The van der Waals surface area contributed by atoms with Crippen molar-refractivity contribution in [3.05, 3.63) is 33.8 Å². The Morgan fingerprint density at radius 1 is 1.50 bits per heavy atom. The molecule has 1 aromatic carbocycles. The van der Waals surface area contributed by atoms with Crippen LogP contribution in [-0.4, -0.2) is 7.11 Å². The van der Waals surface area contributed by atoms with Gasteiger partial charge in [-0.1, -0.05) is 28.1 Å². The van der Waals surface area contributed by atoms with Crippen molar-refractivity contribution in [1.29, 1.82) is 0 Å². The smallest absolute Gasteiger partial charge is 0.264 e. The quantitative estimate of drug-likeness (QED) is 0.846. The van der Waals surface area contributed by atoms with E-state index >= 15 is 0 Å². The Morgan fingerprint density at radius 2 is 2.21 bits per heavy atom. The molecular weight excluding hydrogens is 256 g/mol. The van der Waals surface area contributed by atoms with Crippen LogP contribution in [0.15, 0.2) is 22.7 Å². The number of hydroxylamine groups is 1. The van der Waals surface area contributed by atoms with E-state index in [1.807, 2.05) is 0 Å². The normalized spacial score (nSPS) is 10.9. The Balaban J connectivity index is 2.78. The van der Waals surface area contributed by atoms with Crippen LogP contribution in [0.25, 0.3) is 0 Å². The molecule has 0 bridgehead atoms. The van der Waals surface area contributed by atoms with Crippen LogP contribution >= 0.6 is 15.9 Å². The summed E-state index contributed by atoms with van der Waals surface area (Å²) >= 11 is 3.09. The van der Waals surface area contributed by atoms with Gasteiger partial charge in [0.2, 0.25) is 0 Å². The monoisotopic (exact) mass is 265 g/mol. The van der Waals surface area contributed by atoms with Gasteiger partial charge >= 0.3 is 0 Å². The number of halogens is 3. The minimum absolute atomic E-state index is 0.00571. The first-order valence-corrected chi connectivity index (χ1v) is 4.76. The van der Waals surface area contributed by atoms with Crippen LogP contribution in [-0.2, 0) is 11.4 Å². The molecule has 2 nitrogen and oxygen atoms in total. The van der Waals surface area contributed by atoms with Crippen molar-refractivity contribution < 1.29 is 13.6 Å². The van der Waals surface area contributed by atoms with Crippen LogP contribution in [0.2, 0.25) is 0 Å². The molecule has 0 amide bonds. The lowest BCUT2D eigenvalue weighted by molar-refractivity contribution is 0.0867. The summed E-state index contributed by atoms with van der Waals surface area (Å²) in [5.74, 6) is 0. The fraction of sp³-hybridized carbons (Fsp3) is 0.333. The minimum atomic E-state index is -2.45. The molecule has 0 atom stereocenters. The topological polar surface area (TPSA) is 21.3 Å². The van der Waals surface area contributed by atoms with Crippen molar-refractivity contribution in [3.8, 4) is 0 Å². The minimum Gasteiger partial charge on any atom is -0.305 e.